The number of fused-ring (bicyclic) bond motifs is 1. The van der Waals surface area contributed by atoms with Gasteiger partial charge < -0.3 is 9.73 Å². The minimum absolute atomic E-state index is 0.0668. The lowest BCUT2D eigenvalue weighted by Gasteiger charge is -2.05. The maximum atomic E-state index is 12.3. The Labute approximate surface area is 125 Å². The smallest absolute Gasteiger partial charge is 0.347 e. The molecule has 0 spiro atoms. The van der Waals surface area contributed by atoms with Crippen molar-refractivity contribution in [3.63, 3.8) is 0 Å². The zero-order valence-corrected chi connectivity index (χ0v) is 12.2. The lowest BCUT2D eigenvalue weighted by atomic mass is 10.1. The molecule has 0 aliphatic carbocycles. The first-order chi connectivity index (χ1) is 10.2. The van der Waals surface area contributed by atoms with Gasteiger partial charge in [-0.15, -0.1) is 0 Å². The molecule has 0 aliphatic rings. The van der Waals surface area contributed by atoms with E-state index in [0.717, 1.165) is 17.6 Å². The molecule has 4 nitrogen and oxygen atoms in total. The standard InChI is InChI=1S/C16H13NO3S/c1-2-17-12-4-3-10-7-13(16(19)20-14(10)8-12)15(18)11-5-6-21-9-11/h3-9,17H,2H2,1H3. The van der Waals surface area contributed by atoms with Crippen molar-refractivity contribution in [1.29, 1.82) is 0 Å². The van der Waals surface area contributed by atoms with Gasteiger partial charge in [-0.1, -0.05) is 0 Å². The number of anilines is 1. The molecule has 0 saturated carbocycles. The second-order valence-corrected chi connectivity index (χ2v) is 5.35. The highest BCUT2D eigenvalue weighted by Gasteiger charge is 2.16. The second kappa shape index (κ2) is 5.54. The predicted molar refractivity (Wildman–Crippen MR) is 84.4 cm³/mol. The summed E-state index contributed by atoms with van der Waals surface area (Å²) in [5.74, 6) is -0.303. The SMILES string of the molecule is CCNc1ccc2cc(C(=O)c3ccsc3)c(=O)oc2c1. The van der Waals surface area contributed by atoms with Gasteiger partial charge in [0.15, 0.2) is 0 Å². The third-order valence-electron chi connectivity index (χ3n) is 3.14. The molecule has 0 amide bonds. The molecular formula is C16H13NO3S. The molecule has 106 valence electrons. The van der Waals surface area contributed by atoms with E-state index in [4.69, 9.17) is 4.42 Å². The van der Waals surface area contributed by atoms with Crippen LogP contribution in [-0.4, -0.2) is 12.3 Å². The Kier molecular flexibility index (Phi) is 3.58. The number of hydrogen-bond acceptors (Lipinski definition) is 5. The van der Waals surface area contributed by atoms with Crippen molar-refractivity contribution in [2.75, 3.05) is 11.9 Å². The van der Waals surface area contributed by atoms with Crippen molar-refractivity contribution in [1.82, 2.24) is 0 Å². The van der Waals surface area contributed by atoms with Gasteiger partial charge in [-0.25, -0.2) is 4.79 Å². The first-order valence-electron chi connectivity index (χ1n) is 6.57. The summed E-state index contributed by atoms with van der Waals surface area (Å²) in [5.41, 5.74) is 1.32. The zero-order chi connectivity index (χ0) is 14.8. The number of thiophene rings is 1. The molecule has 21 heavy (non-hydrogen) atoms. The quantitative estimate of drug-likeness (QED) is 0.591. The Morgan fingerprint density at radius 1 is 1.29 bits per heavy atom. The summed E-state index contributed by atoms with van der Waals surface area (Å²) in [5, 5.41) is 7.41. The zero-order valence-electron chi connectivity index (χ0n) is 11.4. The van der Waals surface area contributed by atoms with Crippen LogP contribution in [0.5, 0.6) is 0 Å². The van der Waals surface area contributed by atoms with Crippen LogP contribution in [0.4, 0.5) is 5.69 Å². The van der Waals surface area contributed by atoms with E-state index in [1.807, 2.05) is 19.1 Å². The van der Waals surface area contributed by atoms with E-state index in [0.29, 0.717) is 11.1 Å². The molecule has 0 radical (unpaired) electrons. The maximum Gasteiger partial charge on any atom is 0.347 e. The molecule has 0 fully saturated rings. The van der Waals surface area contributed by atoms with E-state index < -0.39 is 5.63 Å². The minimum atomic E-state index is -0.604. The van der Waals surface area contributed by atoms with Gasteiger partial charge in [0, 0.05) is 34.6 Å². The molecule has 1 aromatic carbocycles. The fourth-order valence-corrected chi connectivity index (χ4v) is 2.77. The van der Waals surface area contributed by atoms with Crippen LogP contribution >= 0.6 is 11.3 Å². The van der Waals surface area contributed by atoms with Crippen LogP contribution < -0.4 is 10.9 Å². The van der Waals surface area contributed by atoms with E-state index in [-0.39, 0.29) is 11.3 Å². The average molecular weight is 299 g/mol. The molecule has 1 N–H and O–H groups in total. The van der Waals surface area contributed by atoms with Gasteiger partial charge in [-0.3, -0.25) is 4.79 Å². The maximum absolute atomic E-state index is 12.3. The molecule has 0 bridgehead atoms. The second-order valence-electron chi connectivity index (χ2n) is 4.57. The number of hydrogen-bond donors (Lipinski definition) is 1. The van der Waals surface area contributed by atoms with Gasteiger partial charge >= 0.3 is 5.63 Å². The number of benzene rings is 1. The first kappa shape index (κ1) is 13.6. The largest absolute Gasteiger partial charge is 0.422 e. The van der Waals surface area contributed by atoms with Crippen molar-refractivity contribution >= 4 is 33.8 Å². The van der Waals surface area contributed by atoms with E-state index in [1.165, 1.54) is 11.3 Å². The highest BCUT2D eigenvalue weighted by Crippen LogP contribution is 2.20. The lowest BCUT2D eigenvalue weighted by Crippen LogP contribution is -2.14. The molecule has 3 rings (SSSR count). The summed E-state index contributed by atoms with van der Waals surface area (Å²) >= 11 is 1.42. The normalized spacial score (nSPS) is 10.7. The number of carbonyl (C=O) groups excluding carboxylic acids is 1. The molecule has 3 aromatic rings. The summed E-state index contributed by atoms with van der Waals surface area (Å²) in [6.07, 6.45) is 0. The van der Waals surface area contributed by atoms with Gasteiger partial charge in [0.05, 0.1) is 0 Å². The topological polar surface area (TPSA) is 59.3 Å². The van der Waals surface area contributed by atoms with Gasteiger partial charge in [-0.2, -0.15) is 11.3 Å². The summed E-state index contributed by atoms with van der Waals surface area (Å²) in [6.45, 7) is 2.77. The molecule has 0 unspecified atom stereocenters. The monoisotopic (exact) mass is 299 g/mol. The first-order valence-corrected chi connectivity index (χ1v) is 7.52. The minimum Gasteiger partial charge on any atom is -0.422 e. The third kappa shape index (κ3) is 2.60. The van der Waals surface area contributed by atoms with Crippen molar-refractivity contribution < 1.29 is 9.21 Å². The number of rotatable bonds is 4. The predicted octanol–water partition coefficient (Wildman–Crippen LogP) is 3.52. The number of nitrogens with one attached hydrogen (secondary N) is 1. The van der Waals surface area contributed by atoms with Crippen LogP contribution in [0.2, 0.25) is 0 Å². The fourth-order valence-electron chi connectivity index (χ4n) is 2.13. The van der Waals surface area contributed by atoms with E-state index in [1.54, 1.807) is 29.0 Å². The Morgan fingerprint density at radius 3 is 2.86 bits per heavy atom. The van der Waals surface area contributed by atoms with Gasteiger partial charge in [0.1, 0.15) is 11.1 Å². The number of carbonyl (C=O) groups is 1. The molecular weight excluding hydrogens is 286 g/mol. The molecule has 5 heteroatoms. The van der Waals surface area contributed by atoms with Crippen molar-refractivity contribution in [2.24, 2.45) is 0 Å². The van der Waals surface area contributed by atoms with E-state index >= 15 is 0 Å². The summed E-state index contributed by atoms with van der Waals surface area (Å²) < 4.78 is 5.29. The highest BCUT2D eigenvalue weighted by molar-refractivity contribution is 7.08. The van der Waals surface area contributed by atoms with Crippen LogP contribution in [0.25, 0.3) is 11.0 Å². The Balaban J connectivity index is 2.09. The molecule has 0 saturated heterocycles. The fraction of sp³-hybridized carbons (Fsp3) is 0.125. The van der Waals surface area contributed by atoms with Gasteiger partial charge in [-0.05, 0) is 36.6 Å². The van der Waals surface area contributed by atoms with Crippen LogP contribution in [0.3, 0.4) is 0 Å². The third-order valence-corrected chi connectivity index (χ3v) is 3.83. The molecule has 2 aromatic heterocycles. The van der Waals surface area contributed by atoms with Crippen LogP contribution in [0, 0.1) is 0 Å². The molecule has 0 aliphatic heterocycles. The Morgan fingerprint density at radius 2 is 2.14 bits per heavy atom. The molecule has 0 atom stereocenters. The highest BCUT2D eigenvalue weighted by atomic mass is 32.1. The van der Waals surface area contributed by atoms with Crippen molar-refractivity contribution in [3.05, 3.63) is 62.6 Å². The number of ketones is 1. The van der Waals surface area contributed by atoms with Crippen LogP contribution in [0.15, 0.2) is 50.3 Å². The Bertz CT molecular complexity index is 850. The van der Waals surface area contributed by atoms with Gasteiger partial charge in [0.25, 0.3) is 0 Å². The summed E-state index contributed by atoms with van der Waals surface area (Å²) in [6, 6.07) is 8.78. The lowest BCUT2D eigenvalue weighted by molar-refractivity contribution is 0.103. The van der Waals surface area contributed by atoms with Gasteiger partial charge in [0.2, 0.25) is 5.78 Å². The van der Waals surface area contributed by atoms with Crippen LogP contribution in [-0.2, 0) is 0 Å². The summed E-state index contributed by atoms with van der Waals surface area (Å²) in [7, 11) is 0. The molecule has 2 heterocycles. The Hall–Kier alpha value is -2.40. The summed E-state index contributed by atoms with van der Waals surface area (Å²) in [4.78, 5) is 24.3. The van der Waals surface area contributed by atoms with E-state index in [2.05, 4.69) is 5.32 Å². The van der Waals surface area contributed by atoms with Crippen LogP contribution in [0.1, 0.15) is 22.8 Å². The van der Waals surface area contributed by atoms with Crippen molar-refractivity contribution in [3.8, 4) is 0 Å². The van der Waals surface area contributed by atoms with Crippen molar-refractivity contribution in [2.45, 2.75) is 6.92 Å². The average Bonchev–Trinajstić information content (AvgIpc) is 3.00. The van der Waals surface area contributed by atoms with E-state index in [9.17, 15) is 9.59 Å².